The van der Waals surface area contributed by atoms with Crippen LogP contribution in [0.5, 0.6) is 5.75 Å². The molecule has 202 valence electrons. The molecule has 2 saturated heterocycles. The normalized spacial score (nSPS) is 23.5. The molecular formula is C29H39N7O2. The molecule has 4 heterocycles. The highest BCUT2D eigenvalue weighted by Gasteiger charge is 2.28. The number of hydrogen-bond acceptors (Lipinski definition) is 9. The molecule has 3 aromatic rings. The van der Waals surface area contributed by atoms with Gasteiger partial charge >= 0.3 is 0 Å². The molecule has 0 amide bonds. The van der Waals surface area contributed by atoms with Crippen molar-refractivity contribution >= 4 is 22.7 Å². The summed E-state index contributed by atoms with van der Waals surface area (Å²) in [6, 6.07) is 4.67. The molecule has 0 unspecified atom stereocenters. The third kappa shape index (κ3) is 5.54. The number of fused-ring (bicyclic) bond motifs is 1. The predicted molar refractivity (Wildman–Crippen MR) is 149 cm³/mol. The van der Waals surface area contributed by atoms with Crippen molar-refractivity contribution in [2.75, 3.05) is 63.3 Å². The lowest BCUT2D eigenvalue weighted by Gasteiger charge is -2.35. The van der Waals surface area contributed by atoms with Crippen molar-refractivity contribution in [3.05, 3.63) is 42.5 Å². The quantitative estimate of drug-likeness (QED) is 0.484. The van der Waals surface area contributed by atoms with Crippen molar-refractivity contribution in [3.63, 3.8) is 0 Å². The van der Waals surface area contributed by atoms with E-state index in [0.29, 0.717) is 12.0 Å². The Kier molecular flexibility index (Phi) is 7.56. The number of rotatable bonds is 6. The van der Waals surface area contributed by atoms with Gasteiger partial charge in [-0.15, -0.1) is 0 Å². The lowest BCUT2D eigenvalue weighted by atomic mass is 9.91. The summed E-state index contributed by atoms with van der Waals surface area (Å²) in [6.07, 6.45) is 14.2. The smallest absolute Gasteiger partial charge is 0.225 e. The van der Waals surface area contributed by atoms with E-state index in [-0.39, 0.29) is 6.10 Å². The second-order valence-electron chi connectivity index (χ2n) is 11.0. The van der Waals surface area contributed by atoms with Gasteiger partial charge in [-0.25, -0.2) is 15.0 Å². The number of morpholine rings is 1. The molecule has 3 aliphatic rings. The van der Waals surface area contributed by atoms with Crippen LogP contribution >= 0.6 is 0 Å². The summed E-state index contributed by atoms with van der Waals surface area (Å²) in [4.78, 5) is 25.7. The summed E-state index contributed by atoms with van der Waals surface area (Å²) in [6.45, 7) is 5.55. The Bertz CT molecular complexity index is 1200. The standard InChI is InChI=1S/C29H39N7O2/c1-34-11-7-21(8-12-34)22-19-32-29(33-20-22)35(2)23-3-5-25(6-4-23)38-27-18-24(36-13-15-37-16-14-36)17-26-28(27)31-10-9-30-26/h9-10,17-21,23,25H,3-8,11-16H2,1-2H3/t23-,25+. The van der Waals surface area contributed by atoms with Crippen molar-refractivity contribution in [3.8, 4) is 5.75 Å². The molecule has 0 spiro atoms. The number of anilines is 2. The minimum atomic E-state index is 0.164. The number of piperidine rings is 1. The molecule has 2 aliphatic heterocycles. The number of nitrogens with zero attached hydrogens (tertiary/aromatic N) is 7. The Labute approximate surface area is 225 Å². The van der Waals surface area contributed by atoms with Crippen molar-refractivity contribution in [2.24, 2.45) is 0 Å². The van der Waals surface area contributed by atoms with E-state index in [1.807, 2.05) is 0 Å². The molecule has 0 atom stereocenters. The Morgan fingerprint density at radius 2 is 1.58 bits per heavy atom. The number of hydrogen-bond donors (Lipinski definition) is 0. The van der Waals surface area contributed by atoms with E-state index >= 15 is 0 Å². The van der Waals surface area contributed by atoms with E-state index < -0.39 is 0 Å². The second kappa shape index (κ2) is 11.4. The van der Waals surface area contributed by atoms with Crippen LogP contribution in [0.15, 0.2) is 36.9 Å². The molecule has 1 aliphatic carbocycles. The fourth-order valence-corrected chi connectivity index (χ4v) is 6.08. The van der Waals surface area contributed by atoms with Gasteiger partial charge in [-0.05, 0) is 76.2 Å². The Morgan fingerprint density at radius 1 is 0.868 bits per heavy atom. The number of aromatic nitrogens is 4. The summed E-state index contributed by atoms with van der Waals surface area (Å²) < 4.78 is 12.2. The van der Waals surface area contributed by atoms with E-state index in [1.54, 1.807) is 12.4 Å². The van der Waals surface area contributed by atoms with Crippen LogP contribution in [0.2, 0.25) is 0 Å². The van der Waals surface area contributed by atoms with Gasteiger partial charge in [0.1, 0.15) is 11.3 Å². The third-order valence-electron chi connectivity index (χ3n) is 8.55. The average molecular weight is 518 g/mol. The number of likely N-dealkylation sites (tertiary alicyclic amines) is 1. The molecule has 3 fully saturated rings. The summed E-state index contributed by atoms with van der Waals surface area (Å²) in [5.41, 5.74) is 4.12. The Morgan fingerprint density at radius 3 is 2.32 bits per heavy atom. The van der Waals surface area contributed by atoms with Gasteiger partial charge in [-0.1, -0.05) is 0 Å². The fraction of sp³-hybridized carbons (Fsp3) is 0.586. The molecule has 0 bridgehead atoms. The van der Waals surface area contributed by atoms with Crippen molar-refractivity contribution in [1.82, 2.24) is 24.8 Å². The molecule has 6 rings (SSSR count). The van der Waals surface area contributed by atoms with Gasteiger partial charge in [0, 0.05) is 62.7 Å². The minimum Gasteiger partial charge on any atom is -0.488 e. The van der Waals surface area contributed by atoms with E-state index in [2.05, 4.69) is 63.3 Å². The molecule has 1 saturated carbocycles. The summed E-state index contributed by atoms with van der Waals surface area (Å²) in [5, 5.41) is 0. The predicted octanol–water partition coefficient (Wildman–Crippen LogP) is 3.89. The maximum absolute atomic E-state index is 6.61. The van der Waals surface area contributed by atoms with Crippen LogP contribution in [-0.2, 0) is 4.74 Å². The molecule has 9 heteroatoms. The summed E-state index contributed by atoms with van der Waals surface area (Å²) >= 11 is 0. The highest BCUT2D eigenvalue weighted by atomic mass is 16.5. The first-order chi connectivity index (χ1) is 18.6. The minimum absolute atomic E-state index is 0.164. The molecule has 9 nitrogen and oxygen atoms in total. The first-order valence-corrected chi connectivity index (χ1v) is 14.1. The van der Waals surface area contributed by atoms with E-state index in [4.69, 9.17) is 19.4 Å². The van der Waals surface area contributed by atoms with Crippen molar-refractivity contribution in [2.45, 2.75) is 56.6 Å². The SMILES string of the molecule is CN1CCC(c2cnc(N(C)[C@H]3CC[C@@H](Oc4cc(N5CCOCC5)cc5nccnc45)CC3)nc2)CC1. The van der Waals surface area contributed by atoms with Gasteiger partial charge in [0.25, 0.3) is 0 Å². The lowest BCUT2D eigenvalue weighted by Crippen LogP contribution is -2.38. The van der Waals surface area contributed by atoms with Gasteiger partial charge in [-0.2, -0.15) is 0 Å². The largest absolute Gasteiger partial charge is 0.488 e. The van der Waals surface area contributed by atoms with Crippen LogP contribution in [0.25, 0.3) is 11.0 Å². The summed E-state index contributed by atoms with van der Waals surface area (Å²) in [5.74, 6) is 2.24. The molecule has 0 N–H and O–H groups in total. The average Bonchev–Trinajstić information content (AvgIpc) is 2.98. The highest BCUT2D eigenvalue weighted by molar-refractivity contribution is 5.85. The maximum atomic E-state index is 6.61. The monoisotopic (exact) mass is 517 g/mol. The van der Waals surface area contributed by atoms with Crippen molar-refractivity contribution in [1.29, 1.82) is 0 Å². The Balaban J connectivity index is 1.08. The van der Waals surface area contributed by atoms with Crippen molar-refractivity contribution < 1.29 is 9.47 Å². The first kappa shape index (κ1) is 25.2. The zero-order valence-electron chi connectivity index (χ0n) is 22.6. The molecule has 1 aromatic carbocycles. The fourth-order valence-electron chi connectivity index (χ4n) is 6.08. The van der Waals surface area contributed by atoms with Crippen LogP contribution < -0.4 is 14.5 Å². The highest BCUT2D eigenvalue weighted by Crippen LogP contribution is 2.34. The van der Waals surface area contributed by atoms with E-state index in [9.17, 15) is 0 Å². The van der Waals surface area contributed by atoms with E-state index in [0.717, 1.165) is 93.5 Å². The van der Waals surface area contributed by atoms with Gasteiger partial charge in [0.15, 0.2) is 0 Å². The zero-order chi connectivity index (χ0) is 25.9. The second-order valence-corrected chi connectivity index (χ2v) is 11.0. The van der Waals surface area contributed by atoms with Crippen LogP contribution in [0.4, 0.5) is 11.6 Å². The van der Waals surface area contributed by atoms with Crippen LogP contribution in [-0.4, -0.2) is 90.5 Å². The zero-order valence-corrected chi connectivity index (χ0v) is 22.6. The third-order valence-corrected chi connectivity index (χ3v) is 8.55. The molecular weight excluding hydrogens is 478 g/mol. The maximum Gasteiger partial charge on any atom is 0.225 e. The number of benzene rings is 1. The van der Waals surface area contributed by atoms with Gasteiger partial charge in [-0.3, -0.25) is 4.98 Å². The van der Waals surface area contributed by atoms with E-state index in [1.165, 1.54) is 18.4 Å². The van der Waals surface area contributed by atoms with Gasteiger partial charge in [0.2, 0.25) is 5.95 Å². The lowest BCUT2D eigenvalue weighted by molar-refractivity contribution is 0.122. The molecule has 2 aromatic heterocycles. The van der Waals surface area contributed by atoms with Gasteiger partial charge in [0.05, 0.1) is 24.8 Å². The van der Waals surface area contributed by atoms with Crippen LogP contribution in [0.1, 0.15) is 50.0 Å². The topological polar surface area (TPSA) is 79.7 Å². The summed E-state index contributed by atoms with van der Waals surface area (Å²) in [7, 11) is 4.33. The van der Waals surface area contributed by atoms with Crippen LogP contribution in [0.3, 0.4) is 0 Å². The number of ether oxygens (including phenoxy) is 2. The van der Waals surface area contributed by atoms with Gasteiger partial charge < -0.3 is 24.2 Å². The molecule has 38 heavy (non-hydrogen) atoms. The van der Waals surface area contributed by atoms with Crippen LogP contribution in [0, 0.1) is 0 Å². The Hall–Kier alpha value is -3.04. The molecule has 0 radical (unpaired) electrons. The first-order valence-electron chi connectivity index (χ1n) is 14.1.